The van der Waals surface area contributed by atoms with E-state index in [0.29, 0.717) is 5.69 Å². The van der Waals surface area contributed by atoms with Crippen molar-refractivity contribution in [1.82, 2.24) is 0 Å². The van der Waals surface area contributed by atoms with Crippen LogP contribution in [-0.2, 0) is 0 Å². The monoisotopic (exact) mass is 403 g/mol. The van der Waals surface area contributed by atoms with Crippen molar-refractivity contribution >= 4 is 40.5 Å². The second kappa shape index (κ2) is 8.26. The quantitative estimate of drug-likeness (QED) is 0.571. The minimum Gasteiger partial charge on any atom is -0.478 e. The summed E-state index contributed by atoms with van der Waals surface area (Å²) >= 11 is 5.85. The van der Waals surface area contributed by atoms with E-state index >= 15 is 0 Å². The van der Waals surface area contributed by atoms with Gasteiger partial charge in [0, 0.05) is 30.9 Å². The van der Waals surface area contributed by atoms with Crippen molar-refractivity contribution in [2.45, 2.75) is 19.3 Å². The normalized spacial score (nSPS) is 13.8. The van der Waals surface area contributed by atoms with E-state index in [2.05, 4.69) is 5.32 Å². The van der Waals surface area contributed by atoms with Gasteiger partial charge in [0.2, 0.25) is 0 Å². The first-order chi connectivity index (χ1) is 13.4. The molecule has 2 aromatic carbocycles. The topological polar surface area (TPSA) is 113 Å². The van der Waals surface area contributed by atoms with Crippen LogP contribution in [-0.4, -0.2) is 35.0 Å². The Morgan fingerprint density at radius 3 is 2.43 bits per heavy atom. The summed E-state index contributed by atoms with van der Waals surface area (Å²) in [6.45, 7) is 1.53. The molecule has 1 saturated heterocycles. The van der Waals surface area contributed by atoms with E-state index in [4.69, 9.17) is 11.6 Å². The third-order valence-electron chi connectivity index (χ3n) is 4.59. The lowest BCUT2D eigenvalue weighted by molar-refractivity contribution is -0.384. The zero-order chi connectivity index (χ0) is 20.3. The number of nitro benzene ring substituents is 1. The summed E-state index contributed by atoms with van der Waals surface area (Å²) < 4.78 is 0. The summed E-state index contributed by atoms with van der Waals surface area (Å²) in [6, 6.07) is 8.31. The fourth-order valence-corrected chi connectivity index (χ4v) is 3.39. The lowest BCUT2D eigenvalue weighted by atomic mass is 10.1. The number of non-ortho nitro benzene ring substituents is 1. The second-order valence-electron chi connectivity index (χ2n) is 6.46. The van der Waals surface area contributed by atoms with Gasteiger partial charge in [0.25, 0.3) is 11.6 Å². The fourth-order valence-electron chi connectivity index (χ4n) is 3.20. The molecule has 1 heterocycles. The molecule has 0 saturated carbocycles. The Morgan fingerprint density at radius 1 is 1.07 bits per heavy atom. The molecule has 28 heavy (non-hydrogen) atoms. The average molecular weight is 404 g/mol. The number of nitrogens with zero attached hydrogens (tertiary/aromatic N) is 2. The van der Waals surface area contributed by atoms with Crippen LogP contribution in [0.4, 0.5) is 17.1 Å². The third kappa shape index (κ3) is 4.23. The molecule has 0 spiro atoms. The van der Waals surface area contributed by atoms with E-state index < -0.39 is 16.8 Å². The molecule has 0 aliphatic carbocycles. The van der Waals surface area contributed by atoms with E-state index in [-0.39, 0.29) is 27.5 Å². The Morgan fingerprint density at radius 2 is 1.79 bits per heavy atom. The predicted molar refractivity (Wildman–Crippen MR) is 106 cm³/mol. The van der Waals surface area contributed by atoms with Gasteiger partial charge in [-0.2, -0.15) is 0 Å². The summed E-state index contributed by atoms with van der Waals surface area (Å²) in [4.78, 5) is 36.7. The minimum absolute atomic E-state index is 0.0508. The zero-order valence-electron chi connectivity index (χ0n) is 14.9. The predicted octanol–water partition coefficient (Wildman–Crippen LogP) is 4.19. The highest BCUT2D eigenvalue weighted by atomic mass is 35.5. The molecule has 2 aromatic rings. The highest BCUT2D eigenvalue weighted by Gasteiger charge is 2.22. The molecule has 1 fully saturated rings. The maximum Gasteiger partial charge on any atom is 0.337 e. The van der Waals surface area contributed by atoms with Crippen molar-refractivity contribution in [3.8, 4) is 0 Å². The van der Waals surface area contributed by atoms with Crippen LogP contribution in [0.1, 0.15) is 40.0 Å². The van der Waals surface area contributed by atoms with Gasteiger partial charge in [0.1, 0.15) is 0 Å². The van der Waals surface area contributed by atoms with Crippen LogP contribution in [0.2, 0.25) is 5.02 Å². The fraction of sp³-hybridized carbons (Fsp3) is 0.263. The van der Waals surface area contributed by atoms with E-state index in [0.717, 1.165) is 32.4 Å². The number of rotatable bonds is 5. The van der Waals surface area contributed by atoms with Gasteiger partial charge < -0.3 is 15.3 Å². The van der Waals surface area contributed by atoms with Crippen molar-refractivity contribution in [3.05, 3.63) is 62.7 Å². The number of nitrogens with one attached hydrogen (secondary N) is 1. The molecule has 1 amide bonds. The molecular formula is C19H18ClN3O5. The van der Waals surface area contributed by atoms with E-state index in [9.17, 15) is 24.8 Å². The third-order valence-corrected chi connectivity index (χ3v) is 4.92. The number of anilines is 2. The molecule has 0 bridgehead atoms. The number of piperidine rings is 1. The van der Waals surface area contributed by atoms with Gasteiger partial charge in [-0.15, -0.1) is 0 Å². The van der Waals surface area contributed by atoms with Crippen molar-refractivity contribution in [3.63, 3.8) is 0 Å². The van der Waals surface area contributed by atoms with Gasteiger partial charge in [-0.25, -0.2) is 4.79 Å². The number of benzene rings is 2. The molecule has 8 nitrogen and oxygen atoms in total. The van der Waals surface area contributed by atoms with Gasteiger partial charge in [0.15, 0.2) is 0 Å². The van der Waals surface area contributed by atoms with Gasteiger partial charge >= 0.3 is 5.97 Å². The smallest absolute Gasteiger partial charge is 0.337 e. The molecule has 0 aromatic heterocycles. The molecule has 0 radical (unpaired) electrons. The minimum atomic E-state index is -1.22. The number of carbonyl (C=O) groups is 2. The Kier molecular flexibility index (Phi) is 5.79. The number of nitro groups is 1. The Labute approximate surface area is 165 Å². The number of halogens is 1. The SMILES string of the molecule is O=C(O)c1cc(NC(=O)c2cc([N+](=O)[O-])ccc2N2CCCCC2)ccc1Cl. The number of carbonyl (C=O) groups excluding carboxylic acids is 1. The van der Waals surface area contributed by atoms with Gasteiger partial charge in [-0.3, -0.25) is 14.9 Å². The lowest BCUT2D eigenvalue weighted by Crippen LogP contribution is -2.31. The standard InChI is InChI=1S/C19H18ClN3O5/c20-16-6-4-12(10-14(16)19(25)26)21-18(24)15-11-13(23(27)28)5-7-17(15)22-8-2-1-3-9-22/h4-7,10-11H,1-3,8-9H2,(H,21,24)(H,25,26). The van der Waals surface area contributed by atoms with Crippen molar-refractivity contribution in [2.75, 3.05) is 23.3 Å². The van der Waals surface area contributed by atoms with Crippen LogP contribution >= 0.6 is 11.6 Å². The molecule has 1 aliphatic heterocycles. The van der Waals surface area contributed by atoms with E-state index in [1.807, 2.05) is 4.90 Å². The first-order valence-electron chi connectivity index (χ1n) is 8.74. The first kappa shape index (κ1) is 19.6. The van der Waals surface area contributed by atoms with Gasteiger partial charge in [0.05, 0.1) is 26.8 Å². The van der Waals surface area contributed by atoms with E-state index in [1.54, 1.807) is 6.07 Å². The molecule has 0 unspecified atom stereocenters. The Hall–Kier alpha value is -3.13. The number of hydrogen-bond acceptors (Lipinski definition) is 5. The van der Waals surface area contributed by atoms with E-state index in [1.165, 1.54) is 30.3 Å². The summed E-state index contributed by atoms with van der Waals surface area (Å²) in [5.41, 5.74) is 0.698. The molecule has 9 heteroatoms. The molecule has 146 valence electrons. The molecular weight excluding hydrogens is 386 g/mol. The highest BCUT2D eigenvalue weighted by Crippen LogP contribution is 2.29. The number of hydrogen-bond donors (Lipinski definition) is 2. The largest absolute Gasteiger partial charge is 0.478 e. The summed E-state index contributed by atoms with van der Waals surface area (Å²) in [5.74, 6) is -1.77. The van der Waals surface area contributed by atoms with Crippen molar-refractivity contribution < 1.29 is 19.6 Å². The summed E-state index contributed by atoms with van der Waals surface area (Å²) in [6.07, 6.45) is 3.07. The van der Waals surface area contributed by atoms with Crippen LogP contribution in [0.25, 0.3) is 0 Å². The highest BCUT2D eigenvalue weighted by molar-refractivity contribution is 6.33. The average Bonchev–Trinajstić information content (AvgIpc) is 2.69. The summed E-state index contributed by atoms with van der Waals surface area (Å²) in [5, 5.41) is 23.0. The number of aromatic carboxylic acids is 1. The number of carboxylic acid groups (broad SMARTS) is 1. The van der Waals surface area contributed by atoms with Crippen molar-refractivity contribution in [1.29, 1.82) is 0 Å². The molecule has 3 rings (SSSR count). The van der Waals surface area contributed by atoms with Gasteiger partial charge in [-0.05, 0) is 43.5 Å². The van der Waals surface area contributed by atoms with Gasteiger partial charge in [-0.1, -0.05) is 11.6 Å². The van der Waals surface area contributed by atoms with Crippen LogP contribution in [0.5, 0.6) is 0 Å². The first-order valence-corrected chi connectivity index (χ1v) is 9.12. The molecule has 0 atom stereocenters. The van der Waals surface area contributed by atoms with Crippen LogP contribution in [0.15, 0.2) is 36.4 Å². The maximum absolute atomic E-state index is 12.9. The number of carboxylic acids is 1. The zero-order valence-corrected chi connectivity index (χ0v) is 15.6. The summed E-state index contributed by atoms with van der Waals surface area (Å²) in [7, 11) is 0. The molecule has 1 aliphatic rings. The second-order valence-corrected chi connectivity index (χ2v) is 6.87. The lowest BCUT2D eigenvalue weighted by Gasteiger charge is -2.30. The van der Waals surface area contributed by atoms with Crippen LogP contribution in [0.3, 0.4) is 0 Å². The van der Waals surface area contributed by atoms with Crippen LogP contribution in [0, 0.1) is 10.1 Å². The Bertz CT molecular complexity index is 941. The Balaban J connectivity index is 1.95. The molecule has 2 N–H and O–H groups in total. The van der Waals surface area contributed by atoms with Crippen molar-refractivity contribution in [2.24, 2.45) is 0 Å². The van der Waals surface area contributed by atoms with Crippen LogP contribution < -0.4 is 10.2 Å². The number of amides is 1. The maximum atomic E-state index is 12.9.